The molecule has 0 aliphatic carbocycles. The van der Waals surface area contributed by atoms with Gasteiger partial charge in [-0.1, -0.05) is 0 Å². The third-order valence-corrected chi connectivity index (χ3v) is 4.39. The highest BCUT2D eigenvalue weighted by Crippen LogP contribution is 2.34. The molecule has 1 aliphatic rings. The summed E-state index contributed by atoms with van der Waals surface area (Å²) in [5.74, 6) is 0.606. The van der Waals surface area contributed by atoms with Gasteiger partial charge in [0.2, 0.25) is 0 Å². The van der Waals surface area contributed by atoms with Gasteiger partial charge in [-0.2, -0.15) is 0 Å². The fourth-order valence-electron chi connectivity index (χ4n) is 2.50. The van der Waals surface area contributed by atoms with E-state index in [9.17, 15) is 10.1 Å². The van der Waals surface area contributed by atoms with E-state index in [1.54, 1.807) is 13.0 Å². The number of rotatable bonds is 3. The summed E-state index contributed by atoms with van der Waals surface area (Å²) in [6, 6.07) is 3.49. The number of nitrogens with zero attached hydrogens (tertiary/aromatic N) is 2. The number of nitro benzene ring substituents is 1. The molecule has 0 amide bonds. The first kappa shape index (κ1) is 14.3. The third kappa shape index (κ3) is 3.06. The Kier molecular flexibility index (Phi) is 4.42. The van der Waals surface area contributed by atoms with Gasteiger partial charge < -0.3 is 10.6 Å². The summed E-state index contributed by atoms with van der Waals surface area (Å²) in [5, 5.41) is 10.9. The van der Waals surface area contributed by atoms with Crippen LogP contribution >= 0.6 is 15.9 Å². The van der Waals surface area contributed by atoms with Crippen molar-refractivity contribution in [2.45, 2.75) is 19.8 Å². The molecule has 1 saturated heterocycles. The summed E-state index contributed by atoms with van der Waals surface area (Å²) >= 11 is 3.45. The Morgan fingerprint density at radius 3 is 2.63 bits per heavy atom. The van der Waals surface area contributed by atoms with Gasteiger partial charge >= 0.3 is 0 Å². The Balaban J connectivity index is 2.22. The van der Waals surface area contributed by atoms with Gasteiger partial charge in [0.05, 0.1) is 10.6 Å². The van der Waals surface area contributed by atoms with Crippen LogP contribution in [0.1, 0.15) is 18.4 Å². The number of benzene rings is 1. The van der Waals surface area contributed by atoms with Crippen molar-refractivity contribution in [1.29, 1.82) is 0 Å². The Morgan fingerprint density at radius 1 is 1.47 bits per heavy atom. The molecular weight excluding hydrogens is 310 g/mol. The molecule has 5 nitrogen and oxygen atoms in total. The minimum absolute atomic E-state index is 0.160. The van der Waals surface area contributed by atoms with Gasteiger partial charge in [0.1, 0.15) is 0 Å². The van der Waals surface area contributed by atoms with Gasteiger partial charge in [-0.05, 0) is 54.2 Å². The van der Waals surface area contributed by atoms with Crippen LogP contribution in [-0.2, 0) is 0 Å². The molecule has 0 radical (unpaired) electrons. The first-order valence-corrected chi connectivity index (χ1v) is 7.21. The van der Waals surface area contributed by atoms with Crippen molar-refractivity contribution in [2.75, 3.05) is 24.5 Å². The third-order valence-electron chi connectivity index (χ3n) is 3.75. The minimum atomic E-state index is -0.343. The van der Waals surface area contributed by atoms with Gasteiger partial charge in [0.25, 0.3) is 5.69 Å². The Labute approximate surface area is 121 Å². The van der Waals surface area contributed by atoms with Crippen LogP contribution < -0.4 is 10.6 Å². The molecule has 0 bridgehead atoms. The van der Waals surface area contributed by atoms with E-state index in [0.29, 0.717) is 11.5 Å². The largest absolute Gasteiger partial charge is 0.371 e. The van der Waals surface area contributed by atoms with E-state index in [2.05, 4.69) is 20.8 Å². The molecule has 104 valence electrons. The van der Waals surface area contributed by atoms with Crippen molar-refractivity contribution in [3.63, 3.8) is 0 Å². The zero-order valence-electron chi connectivity index (χ0n) is 10.9. The second-order valence-electron chi connectivity index (χ2n) is 5.01. The fourth-order valence-corrected chi connectivity index (χ4v) is 3.09. The van der Waals surface area contributed by atoms with E-state index in [4.69, 9.17) is 5.73 Å². The predicted octanol–water partition coefficient (Wildman–Crippen LogP) is 2.84. The summed E-state index contributed by atoms with van der Waals surface area (Å²) in [4.78, 5) is 12.8. The van der Waals surface area contributed by atoms with Crippen LogP contribution in [0.3, 0.4) is 0 Å². The van der Waals surface area contributed by atoms with Gasteiger partial charge in [-0.3, -0.25) is 10.1 Å². The second kappa shape index (κ2) is 5.88. The van der Waals surface area contributed by atoms with Crippen LogP contribution in [-0.4, -0.2) is 24.6 Å². The van der Waals surface area contributed by atoms with E-state index < -0.39 is 0 Å². The number of piperidine rings is 1. The molecule has 0 unspecified atom stereocenters. The van der Waals surface area contributed by atoms with Crippen LogP contribution in [0, 0.1) is 23.0 Å². The number of hydrogen-bond donors (Lipinski definition) is 1. The quantitative estimate of drug-likeness (QED) is 0.684. The number of hydrogen-bond acceptors (Lipinski definition) is 4. The predicted molar refractivity (Wildman–Crippen MR) is 79.5 cm³/mol. The van der Waals surface area contributed by atoms with Gasteiger partial charge in [-0.15, -0.1) is 0 Å². The summed E-state index contributed by atoms with van der Waals surface area (Å²) in [6.07, 6.45) is 2.16. The lowest BCUT2D eigenvalue weighted by Gasteiger charge is -2.33. The fraction of sp³-hybridized carbons (Fsp3) is 0.538. The van der Waals surface area contributed by atoms with Crippen LogP contribution in [0.5, 0.6) is 0 Å². The summed E-state index contributed by atoms with van der Waals surface area (Å²) in [6.45, 7) is 4.43. The van der Waals surface area contributed by atoms with Gasteiger partial charge in [-0.25, -0.2) is 0 Å². The first-order chi connectivity index (χ1) is 9.02. The molecule has 19 heavy (non-hydrogen) atoms. The topological polar surface area (TPSA) is 72.4 Å². The number of halogens is 1. The van der Waals surface area contributed by atoms with Crippen LogP contribution in [0.25, 0.3) is 0 Å². The summed E-state index contributed by atoms with van der Waals surface area (Å²) < 4.78 is 0.788. The lowest BCUT2D eigenvalue weighted by molar-refractivity contribution is -0.385. The van der Waals surface area contributed by atoms with Crippen molar-refractivity contribution in [3.8, 4) is 0 Å². The standard InChI is InChI=1S/C13H18BrN3O2/c1-9-6-13(11(14)7-12(9)17(18)19)16-4-2-10(8-15)3-5-16/h6-7,10H,2-5,8,15H2,1H3. The first-order valence-electron chi connectivity index (χ1n) is 6.42. The highest BCUT2D eigenvalue weighted by Gasteiger charge is 2.22. The van der Waals surface area contributed by atoms with E-state index in [1.165, 1.54) is 0 Å². The molecule has 1 fully saturated rings. The maximum atomic E-state index is 10.9. The lowest BCUT2D eigenvalue weighted by Crippen LogP contribution is -2.36. The second-order valence-corrected chi connectivity index (χ2v) is 5.87. The van der Waals surface area contributed by atoms with Crippen LogP contribution in [0.15, 0.2) is 16.6 Å². The monoisotopic (exact) mass is 327 g/mol. The maximum Gasteiger partial charge on any atom is 0.273 e. The molecule has 1 aromatic carbocycles. The minimum Gasteiger partial charge on any atom is -0.371 e. The summed E-state index contributed by atoms with van der Waals surface area (Å²) in [5.41, 5.74) is 7.59. The van der Waals surface area contributed by atoms with E-state index >= 15 is 0 Å². The molecule has 2 rings (SSSR count). The van der Waals surface area contributed by atoms with Gasteiger partial charge in [0, 0.05) is 29.2 Å². The van der Waals surface area contributed by atoms with Crippen molar-refractivity contribution < 1.29 is 4.92 Å². The van der Waals surface area contributed by atoms with Crippen molar-refractivity contribution in [1.82, 2.24) is 0 Å². The molecule has 2 N–H and O–H groups in total. The van der Waals surface area contributed by atoms with Crippen LogP contribution in [0.2, 0.25) is 0 Å². The molecule has 0 aromatic heterocycles. The molecule has 0 atom stereocenters. The Morgan fingerprint density at radius 2 is 2.11 bits per heavy atom. The zero-order valence-corrected chi connectivity index (χ0v) is 12.5. The van der Waals surface area contributed by atoms with Gasteiger partial charge in [0.15, 0.2) is 0 Å². The van der Waals surface area contributed by atoms with Crippen molar-refractivity contribution >= 4 is 27.3 Å². The molecule has 0 spiro atoms. The molecule has 1 aromatic rings. The zero-order chi connectivity index (χ0) is 14.0. The van der Waals surface area contributed by atoms with Crippen LogP contribution in [0.4, 0.5) is 11.4 Å². The normalized spacial score (nSPS) is 16.7. The average Bonchev–Trinajstić information content (AvgIpc) is 2.41. The van der Waals surface area contributed by atoms with E-state index in [0.717, 1.165) is 42.6 Å². The number of aryl methyl sites for hydroxylation is 1. The average molecular weight is 328 g/mol. The smallest absolute Gasteiger partial charge is 0.273 e. The molecule has 1 aliphatic heterocycles. The lowest BCUT2D eigenvalue weighted by atomic mass is 9.96. The SMILES string of the molecule is Cc1cc(N2CCC(CN)CC2)c(Br)cc1[N+](=O)[O-]. The molecule has 6 heteroatoms. The summed E-state index contributed by atoms with van der Waals surface area (Å²) in [7, 11) is 0. The highest BCUT2D eigenvalue weighted by atomic mass is 79.9. The molecular formula is C13H18BrN3O2. The van der Waals surface area contributed by atoms with E-state index in [1.807, 2.05) is 6.07 Å². The maximum absolute atomic E-state index is 10.9. The Hall–Kier alpha value is -1.14. The molecule has 1 heterocycles. The number of nitro groups is 1. The number of anilines is 1. The van der Waals surface area contributed by atoms with E-state index in [-0.39, 0.29) is 10.6 Å². The van der Waals surface area contributed by atoms with Crippen molar-refractivity contribution in [3.05, 3.63) is 32.3 Å². The number of nitrogens with two attached hydrogens (primary N) is 1. The Bertz CT molecular complexity index is 485. The highest BCUT2D eigenvalue weighted by molar-refractivity contribution is 9.10. The molecule has 0 saturated carbocycles. The van der Waals surface area contributed by atoms with Crippen molar-refractivity contribution in [2.24, 2.45) is 11.7 Å².